The molecule has 1 heterocycles. The number of fused-ring (bicyclic) bond motifs is 1. The van der Waals surface area contributed by atoms with Gasteiger partial charge in [0, 0.05) is 21.9 Å². The van der Waals surface area contributed by atoms with Crippen LogP contribution in [0, 0.1) is 5.82 Å². The summed E-state index contributed by atoms with van der Waals surface area (Å²) in [4.78, 5) is 17.9. The number of hydrazone groups is 1. The molecule has 33 heavy (non-hydrogen) atoms. The van der Waals surface area contributed by atoms with E-state index in [9.17, 15) is 9.18 Å². The van der Waals surface area contributed by atoms with Gasteiger partial charge in [-0.15, -0.1) is 11.6 Å². The number of benzene rings is 3. The van der Waals surface area contributed by atoms with Gasteiger partial charge in [-0.25, -0.2) is 14.8 Å². The zero-order chi connectivity index (χ0) is 23.2. The molecule has 0 saturated heterocycles. The molecule has 1 aromatic heterocycles. The van der Waals surface area contributed by atoms with E-state index in [1.807, 2.05) is 36.4 Å². The van der Waals surface area contributed by atoms with Gasteiger partial charge in [0.15, 0.2) is 0 Å². The minimum absolute atomic E-state index is 0.336. The Kier molecular flexibility index (Phi) is 7.33. The van der Waals surface area contributed by atoms with Crippen LogP contribution in [0.4, 0.5) is 4.39 Å². The van der Waals surface area contributed by atoms with Crippen LogP contribution in [0.15, 0.2) is 84.0 Å². The van der Waals surface area contributed by atoms with Crippen LogP contribution < -0.4 is 5.43 Å². The first-order valence-corrected chi connectivity index (χ1v) is 11.3. The van der Waals surface area contributed by atoms with Crippen molar-refractivity contribution >= 4 is 45.7 Å². The highest BCUT2D eigenvalue weighted by molar-refractivity contribution is 6.30. The van der Waals surface area contributed by atoms with E-state index in [-0.39, 0.29) is 11.7 Å². The van der Waals surface area contributed by atoms with Gasteiger partial charge in [0.1, 0.15) is 5.82 Å². The maximum atomic E-state index is 13.3. The number of nitrogens with one attached hydrogen (secondary N) is 1. The van der Waals surface area contributed by atoms with Crippen molar-refractivity contribution in [2.24, 2.45) is 5.10 Å². The number of aromatic nitrogens is 1. The molecule has 0 radical (unpaired) electrons. The predicted octanol–water partition coefficient (Wildman–Crippen LogP) is 6.85. The molecule has 0 atom stereocenters. The largest absolute Gasteiger partial charge is 0.272 e. The molecule has 4 aromatic rings. The summed E-state index contributed by atoms with van der Waals surface area (Å²) in [5.41, 5.74) is 6.66. The number of halogens is 3. The number of nitrogens with zero attached hydrogens (tertiary/aromatic N) is 2. The number of para-hydroxylation sites is 1. The average Bonchev–Trinajstić information content (AvgIpc) is 2.84. The van der Waals surface area contributed by atoms with Gasteiger partial charge in [0.2, 0.25) is 0 Å². The van der Waals surface area contributed by atoms with Crippen molar-refractivity contribution in [1.29, 1.82) is 0 Å². The molecular weight excluding hydrogens is 460 g/mol. The number of hydrogen-bond donors (Lipinski definition) is 1. The van der Waals surface area contributed by atoms with Gasteiger partial charge in [-0.3, -0.25) is 4.79 Å². The number of alkyl halides is 1. The van der Waals surface area contributed by atoms with Crippen LogP contribution >= 0.6 is 23.2 Å². The first-order chi connectivity index (χ1) is 16.0. The van der Waals surface area contributed by atoms with E-state index in [0.717, 1.165) is 11.1 Å². The Balaban J connectivity index is 1.70. The number of carbonyl (C=O) groups excluding carboxylic acids is 1. The second-order valence-corrected chi connectivity index (χ2v) is 8.19. The molecule has 4 rings (SSSR count). The molecule has 0 unspecified atom stereocenters. The number of amides is 1. The zero-order valence-electron chi connectivity index (χ0n) is 17.6. The monoisotopic (exact) mass is 479 g/mol. The topological polar surface area (TPSA) is 54.4 Å². The van der Waals surface area contributed by atoms with E-state index < -0.39 is 0 Å². The summed E-state index contributed by atoms with van der Waals surface area (Å²) in [6.45, 7) is 0. The Morgan fingerprint density at radius 2 is 1.73 bits per heavy atom. The van der Waals surface area contributed by atoms with E-state index >= 15 is 0 Å². The summed E-state index contributed by atoms with van der Waals surface area (Å²) < 4.78 is 13.3. The molecule has 0 aliphatic carbocycles. The first-order valence-electron chi connectivity index (χ1n) is 10.4. The van der Waals surface area contributed by atoms with E-state index in [1.54, 1.807) is 30.3 Å². The van der Waals surface area contributed by atoms with Crippen molar-refractivity contribution in [2.75, 3.05) is 5.88 Å². The molecular formula is C26H20Cl2FN3O. The van der Waals surface area contributed by atoms with Crippen molar-refractivity contribution < 1.29 is 9.18 Å². The molecule has 0 aliphatic heterocycles. The van der Waals surface area contributed by atoms with Crippen LogP contribution in [0.1, 0.15) is 28.8 Å². The summed E-state index contributed by atoms with van der Waals surface area (Å²) >= 11 is 11.9. The van der Waals surface area contributed by atoms with Gasteiger partial charge in [-0.1, -0.05) is 54.1 Å². The molecule has 0 fully saturated rings. The molecule has 0 aliphatic rings. The third kappa shape index (κ3) is 5.56. The lowest BCUT2D eigenvalue weighted by Gasteiger charge is -2.10. The van der Waals surface area contributed by atoms with Crippen LogP contribution in [0.5, 0.6) is 0 Å². The molecule has 0 bridgehead atoms. The Labute approximate surface area is 201 Å². The lowest BCUT2D eigenvalue weighted by Crippen LogP contribution is -2.21. The number of hydrogen-bond acceptors (Lipinski definition) is 3. The van der Waals surface area contributed by atoms with Gasteiger partial charge >= 0.3 is 0 Å². The Morgan fingerprint density at radius 1 is 1.00 bits per heavy atom. The minimum Gasteiger partial charge on any atom is -0.267 e. The van der Waals surface area contributed by atoms with Gasteiger partial charge in [-0.2, -0.15) is 5.10 Å². The quantitative estimate of drug-likeness (QED) is 0.179. The van der Waals surface area contributed by atoms with Crippen molar-refractivity contribution in [3.8, 4) is 11.3 Å². The summed E-state index contributed by atoms with van der Waals surface area (Å²) in [7, 11) is 0. The van der Waals surface area contributed by atoms with E-state index in [2.05, 4.69) is 10.5 Å². The van der Waals surface area contributed by atoms with Crippen molar-refractivity contribution in [1.82, 2.24) is 10.4 Å². The van der Waals surface area contributed by atoms with Gasteiger partial charge in [0.25, 0.3) is 5.91 Å². The fraction of sp³-hybridized carbons (Fsp3) is 0.115. The molecule has 1 amide bonds. The highest BCUT2D eigenvalue weighted by atomic mass is 35.5. The summed E-state index contributed by atoms with van der Waals surface area (Å²) in [5, 5.41) is 5.69. The zero-order valence-corrected chi connectivity index (χ0v) is 19.1. The third-order valence-corrected chi connectivity index (χ3v) is 5.64. The Morgan fingerprint density at radius 3 is 2.45 bits per heavy atom. The maximum absolute atomic E-state index is 13.3. The van der Waals surface area contributed by atoms with Gasteiger partial charge in [-0.05, 0) is 54.8 Å². The molecule has 1 N–H and O–H groups in total. The molecule has 0 spiro atoms. The highest BCUT2D eigenvalue weighted by Gasteiger charge is 2.14. The molecule has 0 saturated carbocycles. The third-order valence-electron chi connectivity index (χ3n) is 5.12. The van der Waals surface area contributed by atoms with Crippen molar-refractivity contribution in [3.63, 3.8) is 0 Å². The van der Waals surface area contributed by atoms with Crippen molar-refractivity contribution in [2.45, 2.75) is 12.8 Å². The van der Waals surface area contributed by atoms with Crippen LogP contribution in [0.3, 0.4) is 0 Å². The second-order valence-electron chi connectivity index (χ2n) is 7.38. The van der Waals surface area contributed by atoms with Gasteiger partial charge < -0.3 is 0 Å². The van der Waals surface area contributed by atoms with E-state index in [0.29, 0.717) is 51.6 Å². The van der Waals surface area contributed by atoms with Crippen LogP contribution in [0.2, 0.25) is 5.02 Å². The summed E-state index contributed by atoms with van der Waals surface area (Å²) in [6.07, 6.45) is 1.22. The first kappa shape index (κ1) is 22.9. The normalized spacial score (nSPS) is 11.5. The van der Waals surface area contributed by atoms with Gasteiger partial charge in [0.05, 0.1) is 22.5 Å². The Hall–Kier alpha value is -3.28. The van der Waals surface area contributed by atoms with Crippen LogP contribution in [-0.4, -0.2) is 22.5 Å². The lowest BCUT2D eigenvalue weighted by atomic mass is 10.0. The molecule has 166 valence electrons. The maximum Gasteiger partial charge on any atom is 0.272 e. The SMILES string of the molecule is O=C(N/N=C(\CCCCl)c1ccc(F)cc1)c1cc(-c2ccc(Cl)cc2)nc2ccccc12. The second kappa shape index (κ2) is 10.6. The smallest absolute Gasteiger partial charge is 0.267 e. The van der Waals surface area contributed by atoms with E-state index in [4.69, 9.17) is 28.2 Å². The van der Waals surface area contributed by atoms with E-state index in [1.165, 1.54) is 12.1 Å². The molecule has 4 nitrogen and oxygen atoms in total. The summed E-state index contributed by atoms with van der Waals surface area (Å²) in [6, 6.07) is 22.5. The minimum atomic E-state index is -0.366. The lowest BCUT2D eigenvalue weighted by molar-refractivity contribution is 0.0956. The van der Waals surface area contributed by atoms with Crippen LogP contribution in [0.25, 0.3) is 22.2 Å². The number of pyridine rings is 1. The number of rotatable bonds is 7. The fourth-order valence-corrected chi connectivity index (χ4v) is 3.71. The van der Waals surface area contributed by atoms with Crippen LogP contribution in [-0.2, 0) is 0 Å². The summed E-state index contributed by atoms with van der Waals surface area (Å²) in [5.74, 6) is -0.250. The number of carbonyl (C=O) groups is 1. The standard InChI is InChI=1S/C26H20Cl2FN3O/c27-15-3-6-23(17-9-13-20(29)14-10-17)31-32-26(33)22-16-25(18-7-11-19(28)12-8-18)30-24-5-2-1-4-21(22)24/h1-2,4-5,7-14,16H,3,6,15H2,(H,32,33)/b31-23+. The fourth-order valence-electron chi connectivity index (χ4n) is 3.45. The van der Waals surface area contributed by atoms with Crippen molar-refractivity contribution in [3.05, 3.63) is 101 Å². The Bertz CT molecular complexity index is 1310. The molecule has 3 aromatic carbocycles. The highest BCUT2D eigenvalue weighted by Crippen LogP contribution is 2.26. The predicted molar refractivity (Wildman–Crippen MR) is 133 cm³/mol. The molecule has 7 heteroatoms. The average molecular weight is 480 g/mol.